The van der Waals surface area contributed by atoms with Gasteiger partial charge in [-0.1, -0.05) is 41.9 Å². The Labute approximate surface area is 113 Å². The molecule has 1 heterocycles. The molecule has 2 rings (SSSR count). The molecule has 0 unspecified atom stereocenters. The van der Waals surface area contributed by atoms with Crippen molar-refractivity contribution in [2.45, 2.75) is 19.3 Å². The number of benzene rings is 1. The van der Waals surface area contributed by atoms with Crippen LogP contribution in [0.3, 0.4) is 0 Å². The van der Waals surface area contributed by atoms with Crippen LogP contribution in [0.15, 0.2) is 41.6 Å². The molecule has 0 N–H and O–H groups in total. The minimum Gasteiger partial charge on any atom is -0.377 e. The highest BCUT2D eigenvalue weighted by molar-refractivity contribution is 6.40. The smallest absolute Gasteiger partial charge is 0.145 e. The second-order valence-corrected chi connectivity index (χ2v) is 4.80. The van der Waals surface area contributed by atoms with Crippen molar-refractivity contribution in [2.24, 2.45) is 0 Å². The summed E-state index contributed by atoms with van der Waals surface area (Å²) in [5.74, 6) is 1.79. The fourth-order valence-electron chi connectivity index (χ4n) is 2.16. The molecule has 1 aromatic carbocycles. The van der Waals surface area contributed by atoms with Crippen molar-refractivity contribution in [3.8, 4) is 0 Å². The normalized spacial score (nSPS) is 16.3. The zero-order chi connectivity index (χ0) is 12.8. The van der Waals surface area contributed by atoms with Gasteiger partial charge in [0.1, 0.15) is 11.0 Å². The lowest BCUT2D eigenvalue weighted by Gasteiger charge is -2.26. The fraction of sp³-hybridized carbons (Fsp3) is 0.333. The molecule has 0 aliphatic carbocycles. The highest BCUT2D eigenvalue weighted by Crippen LogP contribution is 2.25. The quantitative estimate of drug-likeness (QED) is 0.613. The van der Waals surface area contributed by atoms with Crippen molar-refractivity contribution in [2.75, 3.05) is 13.1 Å². The van der Waals surface area contributed by atoms with Crippen LogP contribution in [0, 0.1) is 0 Å². The number of hydrogen-bond donors (Lipinski definition) is 0. The molecule has 18 heavy (non-hydrogen) atoms. The lowest BCUT2D eigenvalue weighted by atomic mass is 10.1. The van der Waals surface area contributed by atoms with E-state index in [4.69, 9.17) is 11.6 Å². The molecule has 0 bridgehead atoms. The molecule has 1 saturated heterocycles. The standard InChI is InChI=1S/C15H16ClNO/c16-15(12-18)14(13-7-3-1-4-8-13)11-17-9-5-2-6-10-17/h1,3-4,7-8,11H,2,5-6,9-10H2/b14-11+. The highest BCUT2D eigenvalue weighted by Gasteiger charge is 2.11. The van der Waals surface area contributed by atoms with Gasteiger partial charge in [-0.25, -0.2) is 4.79 Å². The summed E-state index contributed by atoms with van der Waals surface area (Å²) in [5.41, 5.74) is 1.71. The van der Waals surface area contributed by atoms with Gasteiger partial charge in [-0.3, -0.25) is 0 Å². The van der Waals surface area contributed by atoms with E-state index in [0.717, 1.165) is 24.2 Å². The second-order valence-electron chi connectivity index (χ2n) is 4.42. The van der Waals surface area contributed by atoms with Crippen molar-refractivity contribution in [1.82, 2.24) is 4.90 Å². The van der Waals surface area contributed by atoms with Crippen LogP contribution in [-0.4, -0.2) is 23.9 Å². The van der Waals surface area contributed by atoms with Gasteiger partial charge in [0.25, 0.3) is 0 Å². The fourth-order valence-corrected chi connectivity index (χ4v) is 2.32. The molecule has 1 aliphatic rings. The Kier molecular flexibility index (Phi) is 4.63. The van der Waals surface area contributed by atoms with Crippen LogP contribution >= 0.6 is 11.6 Å². The summed E-state index contributed by atoms with van der Waals surface area (Å²) in [7, 11) is 0. The van der Waals surface area contributed by atoms with E-state index in [9.17, 15) is 4.79 Å². The first-order valence-corrected chi connectivity index (χ1v) is 6.61. The SMILES string of the molecule is O=C=C(Cl)/C(=C/N1CCCCC1)c1ccccc1. The Morgan fingerprint density at radius 3 is 2.44 bits per heavy atom. The molecule has 0 radical (unpaired) electrons. The average molecular weight is 262 g/mol. The van der Waals surface area contributed by atoms with Crippen LogP contribution < -0.4 is 0 Å². The molecular weight excluding hydrogens is 246 g/mol. The van der Waals surface area contributed by atoms with Gasteiger partial charge in [0, 0.05) is 24.9 Å². The molecule has 0 aromatic heterocycles. The molecule has 1 aromatic rings. The van der Waals surface area contributed by atoms with Crippen LogP contribution in [0.25, 0.3) is 5.57 Å². The first kappa shape index (κ1) is 12.9. The van der Waals surface area contributed by atoms with Crippen molar-refractivity contribution in [3.05, 3.63) is 47.1 Å². The van der Waals surface area contributed by atoms with Gasteiger partial charge in [-0.05, 0) is 24.8 Å². The molecule has 1 aliphatic heterocycles. The highest BCUT2D eigenvalue weighted by atomic mass is 35.5. The number of allylic oxidation sites excluding steroid dienone is 2. The monoisotopic (exact) mass is 261 g/mol. The minimum absolute atomic E-state index is 0.145. The molecule has 1 fully saturated rings. The first-order chi connectivity index (χ1) is 8.81. The van der Waals surface area contributed by atoms with Gasteiger partial charge in [-0.2, -0.15) is 0 Å². The maximum absolute atomic E-state index is 10.8. The predicted octanol–water partition coefficient (Wildman–Crippen LogP) is 3.47. The van der Waals surface area contributed by atoms with Gasteiger partial charge in [0.15, 0.2) is 0 Å². The van der Waals surface area contributed by atoms with Gasteiger partial charge in [-0.15, -0.1) is 0 Å². The van der Waals surface area contributed by atoms with E-state index in [0.29, 0.717) is 0 Å². The number of likely N-dealkylation sites (tertiary alicyclic amines) is 1. The number of carbonyl (C=O) groups excluding carboxylic acids is 1. The summed E-state index contributed by atoms with van der Waals surface area (Å²) in [6.45, 7) is 2.05. The second kappa shape index (κ2) is 6.44. The molecule has 0 atom stereocenters. The van der Waals surface area contributed by atoms with Gasteiger partial charge < -0.3 is 4.90 Å². The maximum atomic E-state index is 10.8. The van der Waals surface area contributed by atoms with E-state index in [1.807, 2.05) is 36.5 Å². The maximum Gasteiger partial charge on any atom is 0.145 e. The van der Waals surface area contributed by atoms with E-state index in [2.05, 4.69) is 4.90 Å². The number of halogens is 1. The Morgan fingerprint density at radius 1 is 1.17 bits per heavy atom. The number of hydrogen-bond acceptors (Lipinski definition) is 2. The minimum atomic E-state index is 0.145. The van der Waals surface area contributed by atoms with Crippen molar-refractivity contribution < 1.29 is 4.79 Å². The topological polar surface area (TPSA) is 20.3 Å². The molecule has 0 amide bonds. The number of piperidine rings is 1. The van der Waals surface area contributed by atoms with Crippen LogP contribution in [-0.2, 0) is 4.79 Å². The number of nitrogens with zero attached hydrogens (tertiary/aromatic N) is 1. The summed E-state index contributed by atoms with van der Waals surface area (Å²) in [5, 5.41) is 0.145. The van der Waals surface area contributed by atoms with E-state index in [-0.39, 0.29) is 5.03 Å². The van der Waals surface area contributed by atoms with E-state index < -0.39 is 0 Å². The lowest BCUT2D eigenvalue weighted by molar-refractivity contribution is 0.310. The zero-order valence-electron chi connectivity index (χ0n) is 10.2. The van der Waals surface area contributed by atoms with E-state index in [1.165, 1.54) is 19.3 Å². The van der Waals surface area contributed by atoms with Gasteiger partial charge >= 0.3 is 0 Å². The van der Waals surface area contributed by atoms with Gasteiger partial charge in [0.2, 0.25) is 0 Å². The molecule has 2 nitrogen and oxygen atoms in total. The summed E-state index contributed by atoms with van der Waals surface area (Å²) in [6.07, 6.45) is 5.66. The third-order valence-electron chi connectivity index (χ3n) is 3.11. The Morgan fingerprint density at radius 2 is 1.83 bits per heavy atom. The van der Waals surface area contributed by atoms with Crippen LogP contribution in [0.1, 0.15) is 24.8 Å². The Bertz CT molecular complexity index is 469. The molecule has 3 heteroatoms. The van der Waals surface area contributed by atoms with Crippen molar-refractivity contribution in [3.63, 3.8) is 0 Å². The summed E-state index contributed by atoms with van der Waals surface area (Å²) < 4.78 is 0. The molecule has 0 spiro atoms. The van der Waals surface area contributed by atoms with E-state index in [1.54, 1.807) is 5.94 Å². The van der Waals surface area contributed by atoms with Crippen LogP contribution in [0.5, 0.6) is 0 Å². The Balaban J connectivity index is 2.30. The third-order valence-corrected chi connectivity index (χ3v) is 3.39. The molecular formula is C15H16ClNO. The van der Waals surface area contributed by atoms with Gasteiger partial charge in [0.05, 0.1) is 0 Å². The predicted molar refractivity (Wildman–Crippen MR) is 74.9 cm³/mol. The van der Waals surface area contributed by atoms with Crippen LogP contribution in [0.2, 0.25) is 0 Å². The molecule has 0 saturated carbocycles. The first-order valence-electron chi connectivity index (χ1n) is 6.23. The third kappa shape index (κ3) is 3.25. The van der Waals surface area contributed by atoms with Crippen LogP contribution in [0.4, 0.5) is 0 Å². The van der Waals surface area contributed by atoms with Crippen molar-refractivity contribution >= 4 is 23.1 Å². The van der Waals surface area contributed by atoms with E-state index >= 15 is 0 Å². The summed E-state index contributed by atoms with van der Waals surface area (Å²) in [4.78, 5) is 13.0. The summed E-state index contributed by atoms with van der Waals surface area (Å²) in [6, 6.07) is 9.73. The zero-order valence-corrected chi connectivity index (χ0v) is 11.0. The lowest BCUT2D eigenvalue weighted by Crippen LogP contribution is -2.24. The van der Waals surface area contributed by atoms with Crippen molar-refractivity contribution in [1.29, 1.82) is 0 Å². The number of rotatable bonds is 3. The Hall–Kier alpha value is -1.50. The molecule has 94 valence electrons. The largest absolute Gasteiger partial charge is 0.377 e. The average Bonchev–Trinajstić information content (AvgIpc) is 2.46. The summed E-state index contributed by atoms with van der Waals surface area (Å²) >= 11 is 5.98.